The Morgan fingerprint density at radius 1 is 1.31 bits per heavy atom. The van der Waals surface area contributed by atoms with Crippen LogP contribution in [0.15, 0.2) is 0 Å². The van der Waals surface area contributed by atoms with Crippen LogP contribution in [0, 0.1) is 0 Å². The van der Waals surface area contributed by atoms with Crippen molar-refractivity contribution in [2.75, 3.05) is 33.4 Å². The first-order chi connectivity index (χ1) is 6.36. The van der Waals surface area contributed by atoms with Gasteiger partial charge in [0.1, 0.15) is 0 Å². The lowest BCUT2D eigenvalue weighted by Crippen LogP contribution is -2.38. The summed E-state index contributed by atoms with van der Waals surface area (Å²) in [5, 5.41) is 8.67. The number of aliphatic hydroxyl groups is 1. The van der Waals surface area contributed by atoms with Gasteiger partial charge in [-0.15, -0.1) is 0 Å². The lowest BCUT2D eigenvalue weighted by Gasteiger charge is -2.30. The maximum atomic E-state index is 8.67. The molecule has 0 aromatic carbocycles. The quantitative estimate of drug-likeness (QED) is 0.722. The molecule has 0 aromatic heterocycles. The van der Waals surface area contributed by atoms with Gasteiger partial charge in [0, 0.05) is 26.7 Å². The van der Waals surface area contributed by atoms with Crippen LogP contribution in [-0.4, -0.2) is 49.5 Å². The number of rotatable bonds is 3. The Labute approximate surface area is 81.7 Å². The summed E-state index contributed by atoms with van der Waals surface area (Å²) in [6.45, 7) is 7.23. The summed E-state index contributed by atoms with van der Waals surface area (Å²) in [5.41, 5.74) is 0. The molecule has 0 aliphatic carbocycles. The van der Waals surface area contributed by atoms with E-state index in [-0.39, 0.29) is 6.61 Å². The molecule has 0 amide bonds. The summed E-state index contributed by atoms with van der Waals surface area (Å²) in [5.74, 6) is 0. The number of β-amino-alcohol motifs (C(OH)–C–C–N with tert-alkyl or cyclic N) is 1. The summed E-state index contributed by atoms with van der Waals surface area (Å²) in [6, 6.07) is 0. The van der Waals surface area contributed by atoms with Gasteiger partial charge in [0.15, 0.2) is 0 Å². The third-order valence-corrected chi connectivity index (χ3v) is 2.28. The molecule has 0 aromatic rings. The van der Waals surface area contributed by atoms with Crippen LogP contribution in [0.3, 0.4) is 0 Å². The molecule has 0 spiro atoms. The molecule has 13 heavy (non-hydrogen) atoms. The van der Waals surface area contributed by atoms with Gasteiger partial charge < -0.3 is 14.7 Å². The first-order valence-electron chi connectivity index (χ1n) is 5.23. The minimum Gasteiger partial charge on any atom is -0.395 e. The topological polar surface area (TPSA) is 32.7 Å². The molecule has 3 nitrogen and oxygen atoms in total. The Morgan fingerprint density at radius 3 is 2.23 bits per heavy atom. The minimum absolute atomic E-state index is 0.275. The zero-order chi connectivity index (χ0) is 10.1. The highest BCUT2D eigenvalue weighted by Gasteiger charge is 2.17. The molecule has 0 saturated carbocycles. The zero-order valence-corrected chi connectivity index (χ0v) is 9.12. The predicted octanol–water partition coefficient (Wildman–Crippen LogP) is 1.12. The fourth-order valence-corrected chi connectivity index (χ4v) is 1.51. The second-order valence-corrected chi connectivity index (χ2v) is 3.00. The maximum absolute atomic E-state index is 8.67. The summed E-state index contributed by atoms with van der Waals surface area (Å²) >= 11 is 0. The number of nitrogens with zero attached hydrogens (tertiary/aromatic N) is 1. The Hall–Kier alpha value is -0.120. The average molecular weight is 189 g/mol. The third kappa shape index (κ3) is 5.24. The maximum Gasteiger partial charge on any atom is 0.0595 e. The molecule has 1 fully saturated rings. The van der Waals surface area contributed by atoms with Crippen LogP contribution in [0.1, 0.15) is 26.7 Å². The standard InChI is InChI=1S/C8H17NO2.C2H6/c1-11-8-2-4-9(5-3-8)6-7-10;1-2/h8,10H,2-7H2,1H3;1-2H3. The summed E-state index contributed by atoms with van der Waals surface area (Å²) in [6.07, 6.45) is 2.66. The van der Waals surface area contributed by atoms with E-state index >= 15 is 0 Å². The van der Waals surface area contributed by atoms with Gasteiger partial charge in [0.2, 0.25) is 0 Å². The highest BCUT2D eigenvalue weighted by molar-refractivity contribution is 4.71. The minimum atomic E-state index is 0.275. The number of hydrogen-bond acceptors (Lipinski definition) is 3. The molecule has 0 bridgehead atoms. The van der Waals surface area contributed by atoms with Gasteiger partial charge in [-0.1, -0.05) is 13.8 Å². The number of hydrogen-bond donors (Lipinski definition) is 1. The second-order valence-electron chi connectivity index (χ2n) is 3.00. The van der Waals surface area contributed by atoms with E-state index in [2.05, 4.69) is 4.90 Å². The van der Waals surface area contributed by atoms with E-state index in [9.17, 15) is 0 Å². The van der Waals surface area contributed by atoms with Crippen molar-refractivity contribution < 1.29 is 9.84 Å². The highest BCUT2D eigenvalue weighted by atomic mass is 16.5. The van der Waals surface area contributed by atoms with Crippen molar-refractivity contribution in [2.24, 2.45) is 0 Å². The van der Waals surface area contributed by atoms with E-state index < -0.39 is 0 Å². The van der Waals surface area contributed by atoms with E-state index in [1.54, 1.807) is 7.11 Å². The van der Waals surface area contributed by atoms with Crippen molar-refractivity contribution in [1.29, 1.82) is 0 Å². The lowest BCUT2D eigenvalue weighted by molar-refractivity contribution is 0.0364. The van der Waals surface area contributed by atoms with Crippen LogP contribution in [0.25, 0.3) is 0 Å². The molecular weight excluding hydrogens is 166 g/mol. The van der Waals surface area contributed by atoms with Gasteiger partial charge in [-0.2, -0.15) is 0 Å². The third-order valence-electron chi connectivity index (χ3n) is 2.28. The highest BCUT2D eigenvalue weighted by Crippen LogP contribution is 2.11. The van der Waals surface area contributed by atoms with Gasteiger partial charge in [-0.25, -0.2) is 0 Å². The molecule has 1 N–H and O–H groups in total. The molecule has 80 valence electrons. The van der Waals surface area contributed by atoms with Gasteiger partial charge in [0.05, 0.1) is 12.7 Å². The Bertz CT molecular complexity index is 101. The van der Waals surface area contributed by atoms with Gasteiger partial charge >= 0.3 is 0 Å². The largest absolute Gasteiger partial charge is 0.395 e. The number of likely N-dealkylation sites (tertiary alicyclic amines) is 1. The van der Waals surface area contributed by atoms with E-state index in [4.69, 9.17) is 9.84 Å². The Balaban J connectivity index is 0.000000671. The average Bonchev–Trinajstić information content (AvgIpc) is 2.23. The van der Waals surface area contributed by atoms with Gasteiger partial charge in [-0.3, -0.25) is 0 Å². The van der Waals surface area contributed by atoms with E-state index in [0.29, 0.717) is 6.10 Å². The van der Waals surface area contributed by atoms with Crippen LogP contribution in [0.4, 0.5) is 0 Å². The number of aliphatic hydroxyl groups excluding tert-OH is 1. The van der Waals surface area contributed by atoms with Gasteiger partial charge in [-0.05, 0) is 12.8 Å². The van der Waals surface area contributed by atoms with Crippen LogP contribution in [-0.2, 0) is 4.74 Å². The smallest absolute Gasteiger partial charge is 0.0595 e. The molecule has 1 heterocycles. The molecule has 1 aliphatic rings. The first kappa shape index (κ1) is 12.9. The van der Waals surface area contributed by atoms with Crippen LogP contribution < -0.4 is 0 Å². The van der Waals surface area contributed by atoms with Crippen molar-refractivity contribution in [3.05, 3.63) is 0 Å². The van der Waals surface area contributed by atoms with Crippen LogP contribution in [0.5, 0.6) is 0 Å². The normalized spacial score (nSPS) is 19.4. The molecule has 0 unspecified atom stereocenters. The fourth-order valence-electron chi connectivity index (χ4n) is 1.51. The Kier molecular flexibility index (Phi) is 8.40. The molecule has 0 radical (unpaired) electrons. The monoisotopic (exact) mass is 189 g/mol. The SMILES string of the molecule is CC.COC1CCN(CCO)CC1. The van der Waals surface area contributed by atoms with Crippen molar-refractivity contribution in [2.45, 2.75) is 32.8 Å². The van der Waals surface area contributed by atoms with Crippen molar-refractivity contribution in [3.8, 4) is 0 Å². The molecule has 1 rings (SSSR count). The number of piperidine rings is 1. The van der Waals surface area contributed by atoms with E-state index in [1.165, 1.54) is 0 Å². The van der Waals surface area contributed by atoms with Crippen molar-refractivity contribution >= 4 is 0 Å². The lowest BCUT2D eigenvalue weighted by atomic mass is 10.1. The summed E-state index contributed by atoms with van der Waals surface area (Å²) in [7, 11) is 1.77. The van der Waals surface area contributed by atoms with Crippen LogP contribution in [0.2, 0.25) is 0 Å². The van der Waals surface area contributed by atoms with Gasteiger partial charge in [0.25, 0.3) is 0 Å². The van der Waals surface area contributed by atoms with E-state index in [0.717, 1.165) is 32.5 Å². The molecular formula is C10H23NO2. The summed E-state index contributed by atoms with van der Waals surface area (Å²) in [4.78, 5) is 2.27. The second kappa shape index (κ2) is 8.48. The fraction of sp³-hybridized carbons (Fsp3) is 1.00. The molecule has 0 atom stereocenters. The summed E-state index contributed by atoms with van der Waals surface area (Å²) < 4.78 is 5.23. The Morgan fingerprint density at radius 2 is 1.85 bits per heavy atom. The zero-order valence-electron chi connectivity index (χ0n) is 9.12. The molecule has 1 saturated heterocycles. The van der Waals surface area contributed by atoms with Crippen molar-refractivity contribution in [3.63, 3.8) is 0 Å². The number of methoxy groups -OCH3 is 1. The first-order valence-corrected chi connectivity index (χ1v) is 5.23. The van der Waals surface area contributed by atoms with E-state index in [1.807, 2.05) is 13.8 Å². The van der Waals surface area contributed by atoms with Crippen LogP contribution >= 0.6 is 0 Å². The number of ether oxygens (including phenoxy) is 1. The van der Waals surface area contributed by atoms with Crippen molar-refractivity contribution in [1.82, 2.24) is 4.90 Å². The molecule has 3 heteroatoms. The molecule has 1 aliphatic heterocycles. The predicted molar refractivity (Wildman–Crippen MR) is 54.9 cm³/mol.